The fourth-order valence-corrected chi connectivity index (χ4v) is 2.38. The lowest BCUT2D eigenvalue weighted by molar-refractivity contribution is -0.116. The number of hydrogen-bond acceptors (Lipinski definition) is 1. The Bertz CT molecular complexity index is 152. The SMILES string of the molecule is CC1(C)CCC(C)(C)C1C=O. The van der Waals surface area contributed by atoms with E-state index in [-0.39, 0.29) is 16.7 Å². The van der Waals surface area contributed by atoms with Crippen LogP contribution >= 0.6 is 0 Å². The van der Waals surface area contributed by atoms with Gasteiger partial charge in [0.1, 0.15) is 6.29 Å². The summed E-state index contributed by atoms with van der Waals surface area (Å²) in [6.07, 6.45) is 3.51. The maximum Gasteiger partial charge on any atom is 0.124 e. The Balaban J connectivity index is 2.88. The molecule has 1 rings (SSSR count). The van der Waals surface area contributed by atoms with Crippen LogP contribution in [-0.4, -0.2) is 6.29 Å². The molecule has 1 heteroatoms. The van der Waals surface area contributed by atoms with Crippen molar-refractivity contribution < 1.29 is 4.79 Å². The zero-order valence-electron chi connectivity index (χ0n) is 7.98. The van der Waals surface area contributed by atoms with Crippen LogP contribution in [-0.2, 0) is 4.79 Å². The molecule has 0 atom stereocenters. The first-order valence-electron chi connectivity index (χ1n) is 4.35. The maximum absolute atomic E-state index is 10.8. The van der Waals surface area contributed by atoms with Gasteiger partial charge in [0.2, 0.25) is 0 Å². The zero-order chi connectivity index (χ0) is 8.70. The highest BCUT2D eigenvalue weighted by Gasteiger charge is 2.46. The highest BCUT2D eigenvalue weighted by atomic mass is 16.1. The van der Waals surface area contributed by atoms with Gasteiger partial charge in [-0.05, 0) is 23.7 Å². The smallest absolute Gasteiger partial charge is 0.124 e. The summed E-state index contributed by atoms with van der Waals surface area (Å²) in [7, 11) is 0. The van der Waals surface area contributed by atoms with Crippen LogP contribution in [0.2, 0.25) is 0 Å². The minimum atomic E-state index is 0.227. The topological polar surface area (TPSA) is 17.1 Å². The van der Waals surface area contributed by atoms with Crippen LogP contribution in [0, 0.1) is 16.7 Å². The second-order valence-corrected chi connectivity index (χ2v) is 5.09. The number of carbonyl (C=O) groups excluding carboxylic acids is 1. The fraction of sp³-hybridized carbons (Fsp3) is 0.900. The Hall–Kier alpha value is -0.330. The molecule has 0 aromatic rings. The predicted molar refractivity (Wildman–Crippen MR) is 46.4 cm³/mol. The Kier molecular flexibility index (Phi) is 1.85. The van der Waals surface area contributed by atoms with Gasteiger partial charge in [0.25, 0.3) is 0 Å². The molecule has 1 fully saturated rings. The van der Waals surface area contributed by atoms with Gasteiger partial charge in [-0.3, -0.25) is 0 Å². The molecule has 1 aliphatic rings. The lowest BCUT2D eigenvalue weighted by atomic mass is 9.73. The normalized spacial score (nSPS) is 28.7. The molecule has 0 aromatic heterocycles. The Morgan fingerprint density at radius 2 is 1.45 bits per heavy atom. The molecule has 0 aromatic carbocycles. The highest BCUT2D eigenvalue weighted by Crippen LogP contribution is 2.52. The molecular formula is C10H18O. The van der Waals surface area contributed by atoms with Gasteiger partial charge in [0.15, 0.2) is 0 Å². The molecule has 0 spiro atoms. The highest BCUT2D eigenvalue weighted by molar-refractivity contribution is 5.57. The quantitative estimate of drug-likeness (QED) is 0.531. The van der Waals surface area contributed by atoms with E-state index >= 15 is 0 Å². The van der Waals surface area contributed by atoms with Crippen LogP contribution in [0.4, 0.5) is 0 Å². The van der Waals surface area contributed by atoms with Crippen LogP contribution in [0.1, 0.15) is 40.5 Å². The van der Waals surface area contributed by atoms with Crippen LogP contribution in [0.5, 0.6) is 0 Å². The van der Waals surface area contributed by atoms with Crippen molar-refractivity contribution in [1.82, 2.24) is 0 Å². The number of carbonyl (C=O) groups is 1. The van der Waals surface area contributed by atoms with Crippen LogP contribution < -0.4 is 0 Å². The van der Waals surface area contributed by atoms with Crippen molar-refractivity contribution in [3.05, 3.63) is 0 Å². The molecule has 0 saturated heterocycles. The molecular weight excluding hydrogens is 136 g/mol. The molecule has 64 valence electrons. The van der Waals surface area contributed by atoms with Crippen molar-refractivity contribution in [3.8, 4) is 0 Å². The first-order chi connectivity index (χ1) is 4.90. The zero-order valence-corrected chi connectivity index (χ0v) is 7.98. The van der Waals surface area contributed by atoms with E-state index in [0.29, 0.717) is 0 Å². The van der Waals surface area contributed by atoms with Gasteiger partial charge < -0.3 is 4.79 Å². The van der Waals surface area contributed by atoms with Crippen LogP contribution in [0.25, 0.3) is 0 Å². The van der Waals surface area contributed by atoms with E-state index in [0.717, 1.165) is 6.29 Å². The van der Waals surface area contributed by atoms with Gasteiger partial charge in [-0.1, -0.05) is 27.7 Å². The Labute approximate surface area is 69.2 Å². The Morgan fingerprint density at radius 3 is 1.64 bits per heavy atom. The van der Waals surface area contributed by atoms with E-state index in [1.54, 1.807) is 0 Å². The van der Waals surface area contributed by atoms with Gasteiger partial charge in [-0.2, -0.15) is 0 Å². The predicted octanol–water partition coefficient (Wildman–Crippen LogP) is 2.65. The molecule has 1 saturated carbocycles. The summed E-state index contributed by atoms with van der Waals surface area (Å²) >= 11 is 0. The summed E-state index contributed by atoms with van der Waals surface area (Å²) in [6.45, 7) is 8.78. The van der Waals surface area contributed by atoms with E-state index in [2.05, 4.69) is 27.7 Å². The number of hydrogen-bond donors (Lipinski definition) is 0. The molecule has 1 aliphatic carbocycles. The molecule has 1 nitrogen and oxygen atoms in total. The third-order valence-corrected chi connectivity index (χ3v) is 3.23. The number of aldehydes is 1. The summed E-state index contributed by atoms with van der Waals surface area (Å²) < 4.78 is 0. The second kappa shape index (κ2) is 2.33. The van der Waals surface area contributed by atoms with Crippen molar-refractivity contribution in [2.75, 3.05) is 0 Å². The summed E-state index contributed by atoms with van der Waals surface area (Å²) in [5.41, 5.74) is 0.455. The molecule has 0 aliphatic heterocycles. The van der Waals surface area contributed by atoms with Crippen LogP contribution in [0.3, 0.4) is 0 Å². The first-order valence-corrected chi connectivity index (χ1v) is 4.35. The summed E-state index contributed by atoms with van der Waals surface area (Å²) in [5, 5.41) is 0. The van der Waals surface area contributed by atoms with Gasteiger partial charge in [-0.25, -0.2) is 0 Å². The molecule has 0 radical (unpaired) electrons. The molecule has 11 heavy (non-hydrogen) atoms. The van der Waals surface area contributed by atoms with E-state index < -0.39 is 0 Å². The average molecular weight is 154 g/mol. The third-order valence-electron chi connectivity index (χ3n) is 3.23. The van der Waals surface area contributed by atoms with Crippen molar-refractivity contribution >= 4 is 6.29 Å². The molecule has 0 bridgehead atoms. The van der Waals surface area contributed by atoms with Crippen molar-refractivity contribution in [1.29, 1.82) is 0 Å². The third kappa shape index (κ3) is 1.33. The van der Waals surface area contributed by atoms with E-state index in [1.165, 1.54) is 12.8 Å². The van der Waals surface area contributed by atoms with Gasteiger partial charge in [-0.15, -0.1) is 0 Å². The van der Waals surface area contributed by atoms with Gasteiger partial charge in [0, 0.05) is 5.92 Å². The maximum atomic E-state index is 10.8. The standard InChI is InChI=1S/C10H18O/c1-9(2)5-6-10(3,4)8(9)7-11/h7-8H,5-6H2,1-4H3. The minimum absolute atomic E-state index is 0.227. The number of rotatable bonds is 1. The average Bonchev–Trinajstić information content (AvgIpc) is 2.03. The van der Waals surface area contributed by atoms with Crippen molar-refractivity contribution in [3.63, 3.8) is 0 Å². The first kappa shape index (κ1) is 8.76. The Morgan fingerprint density at radius 1 is 1.09 bits per heavy atom. The van der Waals surface area contributed by atoms with Crippen molar-refractivity contribution in [2.24, 2.45) is 16.7 Å². The largest absolute Gasteiger partial charge is 0.303 e. The van der Waals surface area contributed by atoms with E-state index in [9.17, 15) is 4.79 Å². The lowest BCUT2D eigenvalue weighted by Crippen LogP contribution is -2.28. The van der Waals surface area contributed by atoms with Crippen LogP contribution in [0.15, 0.2) is 0 Å². The lowest BCUT2D eigenvalue weighted by Gasteiger charge is -2.30. The van der Waals surface area contributed by atoms with E-state index in [1.807, 2.05) is 0 Å². The van der Waals surface area contributed by atoms with Gasteiger partial charge >= 0.3 is 0 Å². The van der Waals surface area contributed by atoms with Crippen molar-refractivity contribution in [2.45, 2.75) is 40.5 Å². The molecule has 0 heterocycles. The molecule has 0 N–H and O–H groups in total. The van der Waals surface area contributed by atoms with Gasteiger partial charge in [0.05, 0.1) is 0 Å². The van der Waals surface area contributed by atoms with E-state index in [4.69, 9.17) is 0 Å². The monoisotopic (exact) mass is 154 g/mol. The summed E-state index contributed by atoms with van der Waals surface area (Å²) in [5.74, 6) is 0.245. The molecule has 0 unspecified atom stereocenters. The summed E-state index contributed by atoms with van der Waals surface area (Å²) in [6, 6.07) is 0. The summed E-state index contributed by atoms with van der Waals surface area (Å²) in [4.78, 5) is 10.8. The minimum Gasteiger partial charge on any atom is -0.303 e. The second-order valence-electron chi connectivity index (χ2n) is 5.09. The molecule has 0 amide bonds. The fourth-order valence-electron chi connectivity index (χ4n) is 2.38.